The minimum atomic E-state index is -0.776. The first kappa shape index (κ1) is 9.95. The molecular formula is C8H10N2O2S2. The highest BCUT2D eigenvalue weighted by molar-refractivity contribution is 7.99. The van der Waals surface area contributed by atoms with Gasteiger partial charge in [-0.05, 0) is 6.92 Å². The molecule has 2 rings (SSSR count). The summed E-state index contributed by atoms with van der Waals surface area (Å²) in [5, 5.41) is 12.0. The zero-order valence-corrected chi connectivity index (χ0v) is 9.19. The van der Waals surface area contributed by atoms with Crippen molar-refractivity contribution in [1.82, 2.24) is 10.3 Å². The molecule has 1 aromatic rings. The highest BCUT2D eigenvalue weighted by Gasteiger charge is 2.31. The van der Waals surface area contributed by atoms with Crippen LogP contribution in [-0.4, -0.2) is 27.9 Å². The van der Waals surface area contributed by atoms with Crippen molar-refractivity contribution in [2.45, 2.75) is 18.3 Å². The van der Waals surface area contributed by atoms with Crippen molar-refractivity contribution in [2.75, 3.05) is 5.75 Å². The number of nitrogens with zero attached hydrogens (tertiary/aromatic N) is 1. The molecule has 0 radical (unpaired) electrons. The molecule has 0 bridgehead atoms. The number of hydrogen-bond donors (Lipinski definition) is 2. The lowest BCUT2D eigenvalue weighted by atomic mass is 10.3. The Bertz CT molecular complexity index is 353. The third-order valence-electron chi connectivity index (χ3n) is 2.10. The number of nitrogens with one attached hydrogen (secondary N) is 1. The largest absolute Gasteiger partial charge is 0.480 e. The first-order valence-corrected chi connectivity index (χ1v) is 6.12. The van der Waals surface area contributed by atoms with Gasteiger partial charge in [-0.15, -0.1) is 23.1 Å². The van der Waals surface area contributed by atoms with Crippen LogP contribution in [0.5, 0.6) is 0 Å². The third-order valence-corrected chi connectivity index (χ3v) is 4.48. The summed E-state index contributed by atoms with van der Waals surface area (Å²) in [6.07, 6.45) is 0. The first-order valence-electron chi connectivity index (χ1n) is 4.19. The Kier molecular flexibility index (Phi) is 2.76. The Labute approximate surface area is 89.7 Å². The zero-order valence-electron chi connectivity index (χ0n) is 7.56. The molecule has 4 nitrogen and oxygen atoms in total. The van der Waals surface area contributed by atoms with Crippen LogP contribution >= 0.6 is 23.1 Å². The van der Waals surface area contributed by atoms with E-state index in [0.29, 0.717) is 5.75 Å². The maximum absolute atomic E-state index is 10.7. The van der Waals surface area contributed by atoms with E-state index in [1.54, 1.807) is 28.6 Å². The Morgan fingerprint density at radius 1 is 1.79 bits per heavy atom. The lowest BCUT2D eigenvalue weighted by Crippen LogP contribution is -2.33. The molecule has 6 heteroatoms. The fraction of sp³-hybridized carbons (Fsp3) is 0.500. The SMILES string of the molecule is Cc1ncsc1C1NC(C(=O)O)CS1. The van der Waals surface area contributed by atoms with E-state index in [0.717, 1.165) is 10.6 Å². The molecule has 76 valence electrons. The predicted octanol–water partition coefficient (Wildman–Crippen LogP) is 1.24. The summed E-state index contributed by atoms with van der Waals surface area (Å²) in [5.41, 5.74) is 2.78. The van der Waals surface area contributed by atoms with Crippen LogP contribution in [0.15, 0.2) is 5.51 Å². The second-order valence-corrected chi connectivity index (χ2v) is 5.10. The van der Waals surface area contributed by atoms with Crippen molar-refractivity contribution in [2.24, 2.45) is 0 Å². The maximum Gasteiger partial charge on any atom is 0.321 e. The summed E-state index contributed by atoms with van der Waals surface area (Å²) in [6.45, 7) is 1.95. The van der Waals surface area contributed by atoms with Gasteiger partial charge >= 0.3 is 5.97 Å². The molecular weight excluding hydrogens is 220 g/mol. The molecule has 1 fully saturated rings. The highest BCUT2D eigenvalue weighted by Crippen LogP contribution is 2.36. The van der Waals surface area contributed by atoms with E-state index in [2.05, 4.69) is 10.3 Å². The van der Waals surface area contributed by atoms with Gasteiger partial charge < -0.3 is 5.11 Å². The van der Waals surface area contributed by atoms with Gasteiger partial charge in [0.25, 0.3) is 0 Å². The summed E-state index contributed by atoms with van der Waals surface area (Å²) in [4.78, 5) is 16.0. The maximum atomic E-state index is 10.7. The fourth-order valence-electron chi connectivity index (χ4n) is 1.33. The number of thiazole rings is 1. The number of aliphatic carboxylic acids is 1. The standard InChI is InChI=1S/C8H10N2O2S2/c1-4-6(14-3-9-4)7-10-5(2-13-7)8(11)12/h3,5,7,10H,2H2,1H3,(H,11,12). The number of carboxylic acids is 1. The molecule has 1 saturated heterocycles. The van der Waals surface area contributed by atoms with Gasteiger partial charge in [0.2, 0.25) is 0 Å². The molecule has 14 heavy (non-hydrogen) atoms. The lowest BCUT2D eigenvalue weighted by Gasteiger charge is -2.08. The molecule has 0 saturated carbocycles. The first-order chi connectivity index (χ1) is 6.68. The topological polar surface area (TPSA) is 62.2 Å². The highest BCUT2D eigenvalue weighted by atomic mass is 32.2. The summed E-state index contributed by atoms with van der Waals surface area (Å²) in [6, 6.07) is -0.425. The predicted molar refractivity (Wildman–Crippen MR) is 56.6 cm³/mol. The van der Waals surface area contributed by atoms with Gasteiger partial charge in [0.15, 0.2) is 0 Å². The average Bonchev–Trinajstić information content (AvgIpc) is 2.71. The van der Waals surface area contributed by atoms with Crippen molar-refractivity contribution in [3.63, 3.8) is 0 Å². The normalized spacial score (nSPS) is 26.6. The summed E-state index contributed by atoms with van der Waals surface area (Å²) in [7, 11) is 0. The zero-order chi connectivity index (χ0) is 10.1. The van der Waals surface area contributed by atoms with E-state index >= 15 is 0 Å². The summed E-state index contributed by atoms with van der Waals surface area (Å²) >= 11 is 3.20. The smallest absolute Gasteiger partial charge is 0.321 e. The van der Waals surface area contributed by atoms with E-state index in [-0.39, 0.29) is 5.37 Å². The van der Waals surface area contributed by atoms with E-state index in [9.17, 15) is 4.79 Å². The van der Waals surface area contributed by atoms with Gasteiger partial charge in [-0.25, -0.2) is 4.98 Å². The molecule has 1 aliphatic heterocycles. The molecule has 2 N–H and O–H groups in total. The van der Waals surface area contributed by atoms with Crippen molar-refractivity contribution >= 4 is 29.1 Å². The average molecular weight is 230 g/mol. The molecule has 0 spiro atoms. The molecule has 1 aromatic heterocycles. The Morgan fingerprint density at radius 3 is 3.07 bits per heavy atom. The van der Waals surface area contributed by atoms with E-state index < -0.39 is 12.0 Å². The van der Waals surface area contributed by atoms with Gasteiger partial charge in [-0.3, -0.25) is 10.1 Å². The quantitative estimate of drug-likeness (QED) is 0.800. The van der Waals surface area contributed by atoms with Gasteiger partial charge in [-0.1, -0.05) is 0 Å². The number of carboxylic acid groups (broad SMARTS) is 1. The number of aryl methyl sites for hydroxylation is 1. The second-order valence-electron chi connectivity index (χ2n) is 3.07. The number of carbonyl (C=O) groups is 1. The van der Waals surface area contributed by atoms with Crippen LogP contribution < -0.4 is 5.32 Å². The van der Waals surface area contributed by atoms with Crippen LogP contribution in [0.2, 0.25) is 0 Å². The van der Waals surface area contributed by atoms with Crippen LogP contribution in [0.1, 0.15) is 15.9 Å². The number of aromatic nitrogens is 1. The Hall–Kier alpha value is -0.590. The van der Waals surface area contributed by atoms with Gasteiger partial charge in [0.05, 0.1) is 21.5 Å². The minimum Gasteiger partial charge on any atom is -0.480 e. The van der Waals surface area contributed by atoms with E-state index in [4.69, 9.17) is 5.11 Å². The molecule has 0 aromatic carbocycles. The lowest BCUT2D eigenvalue weighted by molar-refractivity contribution is -0.138. The van der Waals surface area contributed by atoms with Crippen molar-refractivity contribution in [1.29, 1.82) is 0 Å². The van der Waals surface area contributed by atoms with Crippen LogP contribution in [-0.2, 0) is 4.79 Å². The van der Waals surface area contributed by atoms with Crippen LogP contribution in [0.4, 0.5) is 0 Å². The van der Waals surface area contributed by atoms with Gasteiger partial charge in [-0.2, -0.15) is 0 Å². The fourth-order valence-corrected chi connectivity index (χ4v) is 3.64. The molecule has 0 amide bonds. The third kappa shape index (κ3) is 1.77. The molecule has 1 aliphatic rings. The van der Waals surface area contributed by atoms with Gasteiger partial charge in [0, 0.05) is 5.75 Å². The summed E-state index contributed by atoms with van der Waals surface area (Å²) < 4.78 is 0. The molecule has 2 atom stereocenters. The Balaban J connectivity index is 2.10. The number of rotatable bonds is 2. The van der Waals surface area contributed by atoms with Crippen molar-refractivity contribution in [3.05, 3.63) is 16.1 Å². The minimum absolute atomic E-state index is 0.101. The number of hydrogen-bond acceptors (Lipinski definition) is 5. The van der Waals surface area contributed by atoms with Crippen LogP contribution in [0.25, 0.3) is 0 Å². The van der Waals surface area contributed by atoms with E-state index in [1.807, 2.05) is 6.92 Å². The molecule has 2 unspecified atom stereocenters. The second kappa shape index (κ2) is 3.88. The molecule has 2 heterocycles. The van der Waals surface area contributed by atoms with Crippen molar-refractivity contribution < 1.29 is 9.90 Å². The van der Waals surface area contributed by atoms with Crippen molar-refractivity contribution in [3.8, 4) is 0 Å². The van der Waals surface area contributed by atoms with Gasteiger partial charge in [0.1, 0.15) is 6.04 Å². The van der Waals surface area contributed by atoms with E-state index in [1.165, 1.54) is 0 Å². The monoisotopic (exact) mass is 230 g/mol. The Morgan fingerprint density at radius 2 is 2.57 bits per heavy atom. The van der Waals surface area contributed by atoms with Crippen LogP contribution in [0, 0.1) is 6.92 Å². The molecule has 0 aliphatic carbocycles. The summed E-state index contributed by atoms with van der Waals surface area (Å²) in [5.74, 6) is -0.153. The van der Waals surface area contributed by atoms with Crippen LogP contribution in [0.3, 0.4) is 0 Å². The number of thioether (sulfide) groups is 1.